The molecule has 1 aliphatic rings. The van der Waals surface area contributed by atoms with E-state index in [4.69, 9.17) is 0 Å². The average Bonchev–Trinajstić information content (AvgIpc) is 3.08. The lowest BCUT2D eigenvalue weighted by Crippen LogP contribution is -2.50. The minimum Gasteiger partial charge on any atom is -0.339 e. The topological polar surface area (TPSA) is 64.3 Å². The highest BCUT2D eigenvalue weighted by atomic mass is 16.2. The van der Waals surface area contributed by atoms with Gasteiger partial charge in [-0.2, -0.15) is 0 Å². The molecule has 0 spiro atoms. The van der Waals surface area contributed by atoms with Gasteiger partial charge in [-0.1, -0.05) is 12.1 Å². The predicted octanol–water partition coefficient (Wildman–Crippen LogP) is 3.84. The van der Waals surface area contributed by atoms with Crippen LogP contribution in [0.15, 0.2) is 36.4 Å². The summed E-state index contributed by atoms with van der Waals surface area (Å²) in [5.41, 5.74) is 6.49. The van der Waals surface area contributed by atoms with Gasteiger partial charge in [-0.05, 0) is 61.7 Å². The highest BCUT2D eigenvalue weighted by molar-refractivity contribution is 5.89. The number of aromatic amines is 1. The number of carbonyl (C=O) groups excluding carboxylic acids is 1. The normalized spacial score (nSPS) is 14.6. The lowest BCUT2D eigenvalue weighted by molar-refractivity contribution is 0.208. The second kappa shape index (κ2) is 6.95. The molecule has 1 aromatic heterocycles. The molecule has 0 aliphatic carbocycles. The van der Waals surface area contributed by atoms with Gasteiger partial charge in [-0.3, -0.25) is 0 Å². The van der Waals surface area contributed by atoms with Crippen LogP contribution < -0.4 is 10.2 Å². The van der Waals surface area contributed by atoms with Gasteiger partial charge >= 0.3 is 6.03 Å². The maximum absolute atomic E-state index is 12.6. The first-order valence-electron chi connectivity index (χ1n) is 9.34. The number of nitrogens with one attached hydrogen (secondary N) is 2. The number of aryl methyl sites for hydroxylation is 3. The Morgan fingerprint density at radius 3 is 2.52 bits per heavy atom. The van der Waals surface area contributed by atoms with Gasteiger partial charge in [0.2, 0.25) is 5.95 Å². The molecule has 27 heavy (non-hydrogen) atoms. The van der Waals surface area contributed by atoms with Crippen molar-refractivity contribution >= 4 is 28.7 Å². The van der Waals surface area contributed by atoms with Crippen LogP contribution in [0.25, 0.3) is 11.0 Å². The molecule has 0 radical (unpaired) electrons. The van der Waals surface area contributed by atoms with Crippen LogP contribution in [-0.2, 0) is 0 Å². The summed E-state index contributed by atoms with van der Waals surface area (Å²) in [7, 11) is 0. The summed E-state index contributed by atoms with van der Waals surface area (Å²) in [6, 6.07) is 12.2. The third-order valence-corrected chi connectivity index (χ3v) is 5.25. The lowest BCUT2D eigenvalue weighted by Gasteiger charge is -2.34. The standard InChI is InChI=1S/C21H25N5O/c1-14-4-7-18-19(12-14)24-20(23-18)25-8-10-26(11-9-25)21(27)22-17-6-5-15(2)16(3)13-17/h4-7,12-13H,8-11H2,1-3H3,(H,22,27)(H,23,24). The highest BCUT2D eigenvalue weighted by Crippen LogP contribution is 2.20. The van der Waals surface area contributed by atoms with Gasteiger partial charge in [-0.15, -0.1) is 0 Å². The van der Waals surface area contributed by atoms with Gasteiger partial charge in [0.25, 0.3) is 0 Å². The molecule has 1 fully saturated rings. The predicted molar refractivity (Wildman–Crippen MR) is 110 cm³/mol. The van der Waals surface area contributed by atoms with E-state index in [1.165, 1.54) is 16.7 Å². The van der Waals surface area contributed by atoms with E-state index in [-0.39, 0.29) is 6.03 Å². The van der Waals surface area contributed by atoms with Crippen LogP contribution in [0.3, 0.4) is 0 Å². The molecule has 6 heteroatoms. The first kappa shape index (κ1) is 17.4. The summed E-state index contributed by atoms with van der Waals surface area (Å²) in [5.74, 6) is 0.879. The number of rotatable bonds is 2. The number of hydrogen-bond donors (Lipinski definition) is 2. The molecule has 2 heterocycles. The number of benzene rings is 2. The maximum atomic E-state index is 12.6. The largest absolute Gasteiger partial charge is 0.339 e. The van der Waals surface area contributed by atoms with Gasteiger partial charge < -0.3 is 20.1 Å². The Kier molecular flexibility index (Phi) is 4.48. The third kappa shape index (κ3) is 3.60. The summed E-state index contributed by atoms with van der Waals surface area (Å²) in [6.45, 7) is 9.07. The van der Waals surface area contributed by atoms with Crippen LogP contribution >= 0.6 is 0 Å². The Morgan fingerprint density at radius 2 is 1.78 bits per heavy atom. The van der Waals surface area contributed by atoms with Gasteiger partial charge in [0.15, 0.2) is 0 Å². The van der Waals surface area contributed by atoms with E-state index in [0.29, 0.717) is 13.1 Å². The molecule has 0 unspecified atom stereocenters. The number of aromatic nitrogens is 2. The SMILES string of the molecule is Cc1ccc2nc(N3CCN(C(=O)Nc4ccc(C)c(C)c4)CC3)[nH]c2c1. The zero-order valence-electron chi connectivity index (χ0n) is 16.0. The monoisotopic (exact) mass is 363 g/mol. The van der Waals surface area contributed by atoms with Crippen molar-refractivity contribution in [1.29, 1.82) is 0 Å². The Hall–Kier alpha value is -3.02. The molecule has 2 N–H and O–H groups in total. The van der Waals surface area contributed by atoms with Crippen molar-refractivity contribution in [2.24, 2.45) is 0 Å². The molecular formula is C21H25N5O. The molecule has 0 atom stereocenters. The molecule has 4 rings (SSSR count). The van der Waals surface area contributed by atoms with Gasteiger partial charge in [0.05, 0.1) is 11.0 Å². The second-order valence-corrected chi connectivity index (χ2v) is 7.28. The molecule has 140 valence electrons. The number of urea groups is 1. The summed E-state index contributed by atoms with van der Waals surface area (Å²) >= 11 is 0. The maximum Gasteiger partial charge on any atom is 0.321 e. The van der Waals surface area contributed by atoms with Gasteiger partial charge in [0.1, 0.15) is 0 Å². The summed E-state index contributed by atoms with van der Waals surface area (Å²) in [4.78, 5) is 24.7. The Bertz CT molecular complexity index is 985. The van der Waals surface area contributed by atoms with Crippen molar-refractivity contribution < 1.29 is 4.79 Å². The lowest BCUT2D eigenvalue weighted by atomic mass is 10.1. The van der Waals surface area contributed by atoms with E-state index in [2.05, 4.69) is 53.1 Å². The number of fused-ring (bicyclic) bond motifs is 1. The Labute approximate surface area is 159 Å². The molecule has 0 saturated carbocycles. The molecule has 2 amide bonds. The van der Waals surface area contributed by atoms with E-state index in [1.807, 2.05) is 29.2 Å². The summed E-state index contributed by atoms with van der Waals surface area (Å²) in [5, 5.41) is 3.01. The number of hydrogen-bond acceptors (Lipinski definition) is 3. The first-order valence-corrected chi connectivity index (χ1v) is 9.34. The molecule has 0 bridgehead atoms. The van der Waals surface area contributed by atoms with E-state index < -0.39 is 0 Å². The molecule has 1 saturated heterocycles. The number of H-pyrrole nitrogens is 1. The first-order chi connectivity index (χ1) is 13.0. The quantitative estimate of drug-likeness (QED) is 0.727. The Morgan fingerprint density at radius 1 is 1.00 bits per heavy atom. The van der Waals surface area contributed by atoms with Crippen molar-refractivity contribution in [3.8, 4) is 0 Å². The van der Waals surface area contributed by atoms with Crippen molar-refractivity contribution in [3.05, 3.63) is 53.1 Å². The van der Waals surface area contributed by atoms with Crippen LogP contribution in [0, 0.1) is 20.8 Å². The number of nitrogens with zero attached hydrogens (tertiary/aromatic N) is 3. The van der Waals surface area contributed by atoms with Gasteiger partial charge in [0, 0.05) is 31.9 Å². The zero-order chi connectivity index (χ0) is 19.0. The molecule has 2 aromatic carbocycles. The minimum atomic E-state index is -0.0434. The Balaban J connectivity index is 1.38. The van der Waals surface area contributed by atoms with Gasteiger partial charge in [-0.25, -0.2) is 9.78 Å². The van der Waals surface area contributed by atoms with Crippen LogP contribution in [-0.4, -0.2) is 47.1 Å². The van der Waals surface area contributed by atoms with E-state index in [1.54, 1.807) is 0 Å². The van der Waals surface area contributed by atoms with E-state index in [0.717, 1.165) is 35.8 Å². The summed E-state index contributed by atoms with van der Waals surface area (Å²) in [6.07, 6.45) is 0. The fraction of sp³-hybridized carbons (Fsp3) is 0.333. The minimum absolute atomic E-state index is 0.0434. The zero-order valence-corrected chi connectivity index (χ0v) is 16.0. The number of amides is 2. The molecule has 1 aliphatic heterocycles. The summed E-state index contributed by atoms with van der Waals surface area (Å²) < 4.78 is 0. The number of carbonyl (C=O) groups is 1. The van der Waals surface area contributed by atoms with Crippen LogP contribution in [0.4, 0.5) is 16.4 Å². The molecule has 3 aromatic rings. The van der Waals surface area contributed by atoms with Crippen LogP contribution in [0.2, 0.25) is 0 Å². The molecule has 6 nitrogen and oxygen atoms in total. The van der Waals surface area contributed by atoms with Crippen molar-refractivity contribution in [2.75, 3.05) is 36.4 Å². The van der Waals surface area contributed by atoms with Crippen LogP contribution in [0.5, 0.6) is 0 Å². The fourth-order valence-electron chi connectivity index (χ4n) is 3.40. The van der Waals surface area contributed by atoms with Crippen molar-refractivity contribution in [3.63, 3.8) is 0 Å². The average molecular weight is 363 g/mol. The smallest absolute Gasteiger partial charge is 0.321 e. The third-order valence-electron chi connectivity index (χ3n) is 5.25. The fourth-order valence-corrected chi connectivity index (χ4v) is 3.40. The number of piperazine rings is 1. The molecular weight excluding hydrogens is 338 g/mol. The highest BCUT2D eigenvalue weighted by Gasteiger charge is 2.23. The van der Waals surface area contributed by atoms with Crippen LogP contribution in [0.1, 0.15) is 16.7 Å². The van der Waals surface area contributed by atoms with Crippen molar-refractivity contribution in [2.45, 2.75) is 20.8 Å². The van der Waals surface area contributed by atoms with E-state index in [9.17, 15) is 4.79 Å². The number of anilines is 2. The number of imidazole rings is 1. The van der Waals surface area contributed by atoms with Crippen molar-refractivity contribution in [1.82, 2.24) is 14.9 Å². The second-order valence-electron chi connectivity index (χ2n) is 7.28. The van der Waals surface area contributed by atoms with E-state index >= 15 is 0 Å².